The number of halogens is 6. The molecule has 0 aliphatic carbocycles. The number of piperazine rings is 1. The van der Waals surface area contributed by atoms with Crippen LogP contribution in [0.25, 0.3) is 0 Å². The lowest BCUT2D eigenvalue weighted by atomic mass is 10.2. The van der Waals surface area contributed by atoms with Gasteiger partial charge in [-0.05, 0) is 24.3 Å². The standard InChI is InChI=1S/C20H19F6N5O2/c21-13-2-3-14(19(23)18(13)22)29-16(32)10-28-17(33)11-30-5-7-31(8-6-30)15-4-1-12(9-27-15)20(24,25)26/h1-4,9H,5-8,10-11H2,(H,28,33)(H,29,32). The molecule has 0 radical (unpaired) electrons. The normalized spacial score (nSPS) is 14.8. The quantitative estimate of drug-likeness (QED) is 0.496. The van der Waals surface area contributed by atoms with Crippen LogP contribution in [0, 0.1) is 17.5 Å². The van der Waals surface area contributed by atoms with Crippen molar-refractivity contribution < 1.29 is 35.9 Å². The number of carbonyl (C=O) groups excluding carboxylic acids is 2. The van der Waals surface area contributed by atoms with Gasteiger partial charge in [0, 0.05) is 32.4 Å². The van der Waals surface area contributed by atoms with Crippen LogP contribution in [0.2, 0.25) is 0 Å². The van der Waals surface area contributed by atoms with Gasteiger partial charge in [0.15, 0.2) is 17.5 Å². The summed E-state index contributed by atoms with van der Waals surface area (Å²) in [5.41, 5.74) is -1.39. The molecule has 1 aliphatic rings. The molecule has 2 aromatic rings. The van der Waals surface area contributed by atoms with Crippen LogP contribution in [0.4, 0.5) is 37.8 Å². The molecule has 13 heteroatoms. The minimum absolute atomic E-state index is 0.0406. The number of hydrogen-bond acceptors (Lipinski definition) is 5. The van der Waals surface area contributed by atoms with E-state index in [9.17, 15) is 35.9 Å². The molecule has 7 nitrogen and oxygen atoms in total. The summed E-state index contributed by atoms with van der Waals surface area (Å²) < 4.78 is 77.6. The van der Waals surface area contributed by atoms with E-state index in [4.69, 9.17) is 0 Å². The van der Waals surface area contributed by atoms with E-state index in [0.29, 0.717) is 38.1 Å². The predicted octanol–water partition coefficient (Wildman–Crippen LogP) is 2.39. The molecule has 2 amide bonds. The van der Waals surface area contributed by atoms with E-state index in [-0.39, 0.29) is 6.54 Å². The fourth-order valence-electron chi connectivity index (χ4n) is 3.13. The molecule has 1 aromatic heterocycles. The summed E-state index contributed by atoms with van der Waals surface area (Å²) in [5, 5.41) is 4.38. The summed E-state index contributed by atoms with van der Waals surface area (Å²) in [6.45, 7) is 1.18. The molecule has 0 spiro atoms. The Morgan fingerprint density at radius 3 is 2.24 bits per heavy atom. The van der Waals surface area contributed by atoms with Crippen LogP contribution >= 0.6 is 0 Å². The molecule has 0 saturated carbocycles. The van der Waals surface area contributed by atoms with Crippen molar-refractivity contribution in [2.45, 2.75) is 6.18 Å². The largest absolute Gasteiger partial charge is 0.417 e. The maximum absolute atomic E-state index is 13.6. The summed E-state index contributed by atoms with van der Waals surface area (Å²) in [6.07, 6.45) is -3.69. The molecule has 1 fully saturated rings. The molecule has 0 unspecified atom stereocenters. The molecule has 1 aromatic carbocycles. The average molecular weight is 475 g/mol. The van der Waals surface area contributed by atoms with Crippen molar-refractivity contribution >= 4 is 23.3 Å². The van der Waals surface area contributed by atoms with E-state index >= 15 is 0 Å². The fraction of sp³-hybridized carbons (Fsp3) is 0.350. The summed E-state index contributed by atoms with van der Waals surface area (Å²) >= 11 is 0. The van der Waals surface area contributed by atoms with Gasteiger partial charge >= 0.3 is 6.18 Å². The Labute approximate surface area is 184 Å². The van der Waals surface area contributed by atoms with Gasteiger partial charge < -0.3 is 15.5 Å². The highest BCUT2D eigenvalue weighted by molar-refractivity contribution is 5.94. The first-order valence-corrected chi connectivity index (χ1v) is 9.75. The number of rotatable bonds is 6. The number of anilines is 2. The number of aromatic nitrogens is 1. The van der Waals surface area contributed by atoms with Gasteiger partial charge in [-0.2, -0.15) is 13.2 Å². The SMILES string of the molecule is O=C(CN1CCN(c2ccc(C(F)(F)F)cn2)CC1)NCC(=O)Nc1ccc(F)c(F)c1F. The molecule has 3 rings (SSSR count). The van der Waals surface area contributed by atoms with E-state index in [1.807, 2.05) is 5.32 Å². The Morgan fingerprint density at radius 2 is 1.64 bits per heavy atom. The van der Waals surface area contributed by atoms with Gasteiger partial charge in [0.25, 0.3) is 0 Å². The van der Waals surface area contributed by atoms with Crippen LogP contribution in [-0.2, 0) is 15.8 Å². The van der Waals surface area contributed by atoms with Crippen molar-refractivity contribution in [3.63, 3.8) is 0 Å². The molecule has 0 atom stereocenters. The van der Waals surface area contributed by atoms with Crippen molar-refractivity contribution in [2.75, 3.05) is 49.5 Å². The van der Waals surface area contributed by atoms with Gasteiger partial charge in [-0.3, -0.25) is 14.5 Å². The highest BCUT2D eigenvalue weighted by atomic mass is 19.4. The number of alkyl halides is 3. The zero-order valence-corrected chi connectivity index (χ0v) is 17.1. The third-order valence-corrected chi connectivity index (χ3v) is 4.89. The second-order valence-corrected chi connectivity index (χ2v) is 7.21. The third kappa shape index (κ3) is 6.34. The van der Waals surface area contributed by atoms with Crippen molar-refractivity contribution in [2.24, 2.45) is 0 Å². The van der Waals surface area contributed by atoms with Crippen molar-refractivity contribution in [1.29, 1.82) is 0 Å². The molecular weight excluding hydrogens is 456 g/mol. The van der Waals surface area contributed by atoms with Gasteiger partial charge in [0.1, 0.15) is 5.82 Å². The lowest BCUT2D eigenvalue weighted by Crippen LogP contribution is -2.50. The minimum Gasteiger partial charge on any atom is -0.354 e. The van der Waals surface area contributed by atoms with Crippen molar-refractivity contribution in [3.8, 4) is 0 Å². The smallest absolute Gasteiger partial charge is 0.354 e. The summed E-state index contributed by atoms with van der Waals surface area (Å²) in [5.74, 6) is -5.58. The maximum atomic E-state index is 13.6. The topological polar surface area (TPSA) is 77.6 Å². The van der Waals surface area contributed by atoms with Gasteiger partial charge in [0.2, 0.25) is 11.8 Å². The predicted molar refractivity (Wildman–Crippen MR) is 106 cm³/mol. The molecule has 0 bridgehead atoms. The highest BCUT2D eigenvalue weighted by Crippen LogP contribution is 2.29. The number of amides is 2. The second-order valence-electron chi connectivity index (χ2n) is 7.21. The van der Waals surface area contributed by atoms with E-state index in [1.54, 1.807) is 9.80 Å². The first-order valence-electron chi connectivity index (χ1n) is 9.75. The zero-order chi connectivity index (χ0) is 24.2. The monoisotopic (exact) mass is 475 g/mol. The Balaban J connectivity index is 1.41. The number of nitrogens with one attached hydrogen (secondary N) is 2. The van der Waals surface area contributed by atoms with Crippen LogP contribution in [-0.4, -0.2) is 61.0 Å². The minimum atomic E-state index is -4.46. The van der Waals surface area contributed by atoms with E-state index in [0.717, 1.165) is 18.3 Å². The molecule has 33 heavy (non-hydrogen) atoms. The first kappa shape index (κ1) is 24.3. The number of carbonyl (C=O) groups is 2. The van der Waals surface area contributed by atoms with Crippen molar-refractivity contribution in [3.05, 3.63) is 53.5 Å². The number of hydrogen-bond donors (Lipinski definition) is 2. The second kappa shape index (κ2) is 10.1. The summed E-state index contributed by atoms with van der Waals surface area (Å²) in [6, 6.07) is 3.77. The molecule has 178 valence electrons. The lowest BCUT2D eigenvalue weighted by molar-refractivity contribution is -0.137. The average Bonchev–Trinajstić information content (AvgIpc) is 2.78. The Morgan fingerprint density at radius 1 is 0.939 bits per heavy atom. The van der Waals surface area contributed by atoms with Gasteiger partial charge in [-0.1, -0.05) is 0 Å². The molecule has 1 aliphatic heterocycles. The lowest BCUT2D eigenvalue weighted by Gasteiger charge is -2.35. The zero-order valence-electron chi connectivity index (χ0n) is 17.1. The van der Waals surface area contributed by atoms with Gasteiger partial charge in [-0.15, -0.1) is 0 Å². The molecule has 1 saturated heterocycles. The Kier molecular flexibility index (Phi) is 7.41. The van der Waals surface area contributed by atoms with Crippen LogP contribution in [0.15, 0.2) is 30.5 Å². The summed E-state index contributed by atoms with van der Waals surface area (Å²) in [7, 11) is 0. The van der Waals surface area contributed by atoms with E-state index in [1.165, 1.54) is 6.07 Å². The molecule has 2 heterocycles. The third-order valence-electron chi connectivity index (χ3n) is 4.89. The maximum Gasteiger partial charge on any atom is 0.417 e. The fourth-order valence-corrected chi connectivity index (χ4v) is 3.13. The Hall–Kier alpha value is -3.35. The highest BCUT2D eigenvalue weighted by Gasteiger charge is 2.31. The molecular formula is C20H19F6N5O2. The number of benzene rings is 1. The number of pyridine rings is 1. The van der Waals surface area contributed by atoms with Crippen LogP contribution in [0.3, 0.4) is 0 Å². The summed E-state index contributed by atoms with van der Waals surface area (Å²) in [4.78, 5) is 31.3. The van der Waals surface area contributed by atoms with Crippen LogP contribution < -0.4 is 15.5 Å². The van der Waals surface area contributed by atoms with Crippen LogP contribution in [0.5, 0.6) is 0 Å². The van der Waals surface area contributed by atoms with Gasteiger partial charge in [0.05, 0.1) is 24.3 Å². The van der Waals surface area contributed by atoms with Gasteiger partial charge in [-0.25, -0.2) is 18.2 Å². The van der Waals surface area contributed by atoms with Crippen molar-refractivity contribution in [1.82, 2.24) is 15.2 Å². The molecule has 2 N–H and O–H groups in total. The van der Waals surface area contributed by atoms with E-state index < -0.39 is 53.2 Å². The van der Waals surface area contributed by atoms with E-state index in [2.05, 4.69) is 10.3 Å². The number of nitrogens with zero attached hydrogens (tertiary/aromatic N) is 3. The Bertz CT molecular complexity index is 1010. The van der Waals surface area contributed by atoms with Crippen LogP contribution in [0.1, 0.15) is 5.56 Å². The first-order chi connectivity index (χ1) is 15.5.